The topological polar surface area (TPSA) is 235 Å². The van der Waals surface area contributed by atoms with Gasteiger partial charge in [0, 0.05) is 52.8 Å². The van der Waals surface area contributed by atoms with E-state index >= 15 is 0 Å². The first-order chi connectivity index (χ1) is 30.9. The van der Waals surface area contributed by atoms with E-state index in [9.17, 15) is 19.2 Å². The van der Waals surface area contributed by atoms with Crippen molar-refractivity contribution in [3.8, 4) is 11.1 Å². The summed E-state index contributed by atoms with van der Waals surface area (Å²) < 4.78 is 21.8. The van der Waals surface area contributed by atoms with E-state index in [0.717, 1.165) is 38.2 Å². The standard InChI is InChI=1S/C23H28N4O4.C18H22BrN3O3.C5H8BNO3/c1-14-18(15(2)31-26-14)16-7-6-8-17(13-16)19-24-20(28)23(25-19)9-11-27(12-10-23)21(29)30-22(3,4)5;1-17(2,3)25-16(24)22-9-7-18(8-10-22)15(23)20-14(21-18)12-5-4-6-13(19)11-12;1-3-5(6(8)9)4(2)10-7-3/h6-8,13H,9-12H2,1-5H3,(H,24,25,28);4-6,11H,7-10H2,1-3H3,(H,20,21,23);8-9H,1-2H3. The van der Waals surface area contributed by atoms with Gasteiger partial charge in [0.1, 0.15) is 45.5 Å². The zero-order valence-corrected chi connectivity index (χ0v) is 40.7. The van der Waals surface area contributed by atoms with Crippen molar-refractivity contribution in [3.05, 3.63) is 87.0 Å². The zero-order chi connectivity index (χ0) is 48.4. The van der Waals surface area contributed by atoms with Gasteiger partial charge < -0.3 is 49.0 Å². The van der Waals surface area contributed by atoms with Crippen LogP contribution in [0.3, 0.4) is 0 Å². The summed E-state index contributed by atoms with van der Waals surface area (Å²) in [7, 11) is -1.48. The van der Waals surface area contributed by atoms with E-state index in [1.165, 1.54) is 0 Å². The number of carbonyl (C=O) groups is 4. The van der Waals surface area contributed by atoms with Gasteiger partial charge in [0.15, 0.2) is 0 Å². The number of nitrogens with zero attached hydrogens (tertiary/aromatic N) is 6. The Morgan fingerprint density at radius 3 is 1.48 bits per heavy atom. The maximum absolute atomic E-state index is 12.9. The lowest BCUT2D eigenvalue weighted by molar-refractivity contribution is -0.126. The monoisotopic (exact) mass is 972 g/mol. The summed E-state index contributed by atoms with van der Waals surface area (Å²) in [6, 6.07) is 15.5. The quantitative estimate of drug-likeness (QED) is 0.181. The third-order valence-corrected chi connectivity index (χ3v) is 11.8. The molecule has 0 radical (unpaired) electrons. The molecule has 4 aliphatic rings. The molecule has 0 saturated carbocycles. The summed E-state index contributed by atoms with van der Waals surface area (Å²) in [4.78, 5) is 62.8. The summed E-state index contributed by atoms with van der Waals surface area (Å²) >= 11 is 3.43. The van der Waals surface area contributed by atoms with Crippen LogP contribution in [-0.4, -0.2) is 121 Å². The van der Waals surface area contributed by atoms with Crippen molar-refractivity contribution >= 4 is 64.2 Å². The highest BCUT2D eigenvalue weighted by Crippen LogP contribution is 2.34. The van der Waals surface area contributed by atoms with Crippen molar-refractivity contribution in [2.45, 2.75) is 117 Å². The van der Waals surface area contributed by atoms with Crippen LogP contribution in [0, 0.1) is 27.7 Å². The molecule has 66 heavy (non-hydrogen) atoms. The Morgan fingerprint density at radius 2 is 1.11 bits per heavy atom. The number of ether oxygens (including phenoxy) is 2. The normalized spacial score (nSPS) is 17.5. The van der Waals surface area contributed by atoms with Gasteiger partial charge in [0.05, 0.1) is 11.4 Å². The van der Waals surface area contributed by atoms with E-state index in [1.54, 1.807) is 23.6 Å². The predicted octanol–water partition coefficient (Wildman–Crippen LogP) is 5.67. The van der Waals surface area contributed by atoms with Crippen LogP contribution in [0.15, 0.2) is 72.0 Å². The molecule has 2 spiro atoms. The highest BCUT2D eigenvalue weighted by atomic mass is 79.9. The molecule has 2 aromatic carbocycles. The number of halogens is 1. The average Bonchev–Trinajstić information content (AvgIpc) is 3.96. The largest absolute Gasteiger partial charge is 0.494 e. The molecule has 2 saturated heterocycles. The highest BCUT2D eigenvalue weighted by molar-refractivity contribution is 9.10. The van der Waals surface area contributed by atoms with Crippen molar-refractivity contribution in [1.82, 2.24) is 30.7 Å². The number of aromatic nitrogens is 2. The van der Waals surface area contributed by atoms with E-state index in [1.807, 2.05) is 104 Å². The van der Waals surface area contributed by atoms with Crippen molar-refractivity contribution in [3.63, 3.8) is 0 Å². The fraction of sp³-hybridized carbons (Fsp3) is 0.478. The van der Waals surface area contributed by atoms with Gasteiger partial charge in [-0.05, 0) is 119 Å². The molecule has 4 N–H and O–H groups in total. The van der Waals surface area contributed by atoms with Crippen LogP contribution in [0.1, 0.15) is 101 Å². The smallest absolute Gasteiger partial charge is 0.444 e. The number of aliphatic imine (C=N–C) groups is 2. The number of amides is 4. The number of hydrogen-bond donors (Lipinski definition) is 4. The Kier molecular flexibility index (Phi) is 14.7. The zero-order valence-electron chi connectivity index (χ0n) is 39.1. The van der Waals surface area contributed by atoms with Crippen molar-refractivity contribution in [2.75, 3.05) is 26.2 Å². The Balaban J connectivity index is 0.000000183. The second kappa shape index (κ2) is 19.5. The number of rotatable bonds is 4. The molecular weight excluding hydrogens is 915 g/mol. The molecule has 0 unspecified atom stereocenters. The van der Waals surface area contributed by atoms with Crippen molar-refractivity contribution in [2.24, 2.45) is 9.98 Å². The Morgan fingerprint density at radius 1 is 0.682 bits per heavy atom. The van der Waals surface area contributed by atoms with Crippen LogP contribution >= 0.6 is 15.9 Å². The van der Waals surface area contributed by atoms with E-state index in [4.69, 9.17) is 34.0 Å². The molecule has 0 aliphatic carbocycles. The number of aryl methyl sites for hydroxylation is 4. The van der Waals surface area contributed by atoms with E-state index in [0.29, 0.717) is 80.5 Å². The lowest BCUT2D eigenvalue weighted by Gasteiger charge is -2.36. The van der Waals surface area contributed by atoms with Crippen LogP contribution in [0.5, 0.6) is 0 Å². The minimum Gasteiger partial charge on any atom is -0.444 e. The molecule has 20 heteroatoms. The maximum Gasteiger partial charge on any atom is 0.494 e. The first-order valence-electron chi connectivity index (χ1n) is 21.8. The molecule has 352 valence electrons. The molecule has 4 aromatic rings. The number of benzene rings is 2. The molecule has 4 aliphatic heterocycles. The van der Waals surface area contributed by atoms with Gasteiger partial charge in [-0.15, -0.1) is 0 Å². The van der Waals surface area contributed by atoms with E-state index < -0.39 is 29.4 Å². The fourth-order valence-electron chi connectivity index (χ4n) is 7.97. The maximum atomic E-state index is 12.9. The summed E-state index contributed by atoms with van der Waals surface area (Å²) in [6.45, 7) is 19.9. The molecule has 2 fully saturated rings. The second-order valence-electron chi connectivity index (χ2n) is 18.7. The van der Waals surface area contributed by atoms with Crippen LogP contribution < -0.4 is 16.1 Å². The molecule has 0 bridgehead atoms. The molecule has 4 amide bonds. The highest BCUT2D eigenvalue weighted by Gasteiger charge is 2.48. The van der Waals surface area contributed by atoms with Gasteiger partial charge in [-0.3, -0.25) is 19.6 Å². The lowest BCUT2D eigenvalue weighted by Crippen LogP contribution is -2.51. The van der Waals surface area contributed by atoms with Gasteiger partial charge in [-0.2, -0.15) is 0 Å². The molecule has 2 aromatic heterocycles. The third-order valence-electron chi connectivity index (χ3n) is 11.3. The minimum atomic E-state index is -1.48. The second-order valence-corrected chi connectivity index (χ2v) is 19.6. The van der Waals surface area contributed by atoms with Gasteiger partial charge in [0.25, 0.3) is 11.8 Å². The molecule has 8 rings (SSSR count). The van der Waals surface area contributed by atoms with Crippen LogP contribution in [0.2, 0.25) is 0 Å². The van der Waals surface area contributed by atoms with Gasteiger partial charge in [-0.1, -0.05) is 56.6 Å². The molecular formula is C46H58BBrN8O10. The Labute approximate surface area is 392 Å². The Bertz CT molecular complexity index is 2480. The number of hydrogen-bond acceptors (Lipinski definition) is 14. The summed E-state index contributed by atoms with van der Waals surface area (Å²) in [5.41, 5.74) is 2.62. The number of nitrogens with one attached hydrogen (secondary N) is 2. The number of amidine groups is 2. The van der Waals surface area contributed by atoms with Crippen molar-refractivity contribution in [1.29, 1.82) is 0 Å². The molecule has 0 atom stereocenters. The van der Waals surface area contributed by atoms with E-state index in [-0.39, 0.29) is 24.0 Å². The van der Waals surface area contributed by atoms with Gasteiger partial charge in [0.2, 0.25) is 0 Å². The number of piperidine rings is 2. The summed E-state index contributed by atoms with van der Waals surface area (Å²) in [6.07, 6.45) is 1.23. The summed E-state index contributed by atoms with van der Waals surface area (Å²) in [5, 5.41) is 30.9. The van der Waals surface area contributed by atoms with Crippen LogP contribution in [-0.2, 0) is 19.1 Å². The first-order valence-corrected chi connectivity index (χ1v) is 22.6. The first kappa shape index (κ1) is 49.6. The average molecular weight is 974 g/mol. The fourth-order valence-corrected chi connectivity index (χ4v) is 8.37. The lowest BCUT2D eigenvalue weighted by atomic mass is 9.79. The summed E-state index contributed by atoms with van der Waals surface area (Å²) in [5.74, 6) is 2.15. The Hall–Kier alpha value is -5.86. The van der Waals surface area contributed by atoms with Crippen LogP contribution in [0.4, 0.5) is 9.59 Å². The molecule has 6 heterocycles. The molecule has 18 nitrogen and oxygen atoms in total. The van der Waals surface area contributed by atoms with Crippen LogP contribution in [0.25, 0.3) is 11.1 Å². The third kappa shape index (κ3) is 11.6. The number of carbonyl (C=O) groups excluding carboxylic acids is 4. The van der Waals surface area contributed by atoms with Gasteiger partial charge in [-0.25, -0.2) is 9.59 Å². The predicted molar refractivity (Wildman–Crippen MR) is 250 cm³/mol. The number of likely N-dealkylation sites (tertiary alicyclic amines) is 2. The van der Waals surface area contributed by atoms with E-state index in [2.05, 4.69) is 41.4 Å². The van der Waals surface area contributed by atoms with Crippen molar-refractivity contribution < 1.29 is 47.7 Å². The minimum absolute atomic E-state index is 0.0914. The SMILES string of the molecule is CC(C)(C)OC(=O)N1CCC2(CC1)N=C(c1cccc(Br)c1)NC2=O.Cc1noc(C)c1-c1cccc(C2=NC3(CCN(C(=O)OC(C)(C)C)CC3)C(=O)N2)c1.Cc1noc(C)c1B(O)O. The van der Waals surface area contributed by atoms with Gasteiger partial charge >= 0.3 is 19.3 Å².